The number of nitrogens with two attached hydrogens (primary N) is 2. The number of benzene rings is 6. The van der Waals surface area contributed by atoms with Crippen LogP contribution in [0.3, 0.4) is 0 Å². The molecule has 2 heterocycles. The molecule has 2 fully saturated rings. The molecule has 0 unspecified atom stereocenters. The van der Waals surface area contributed by atoms with E-state index in [0.29, 0.717) is 72.1 Å². The van der Waals surface area contributed by atoms with Gasteiger partial charge in [0, 0.05) is 82.9 Å². The van der Waals surface area contributed by atoms with Crippen LogP contribution in [0, 0.1) is 11.3 Å². The van der Waals surface area contributed by atoms with Gasteiger partial charge in [0.05, 0.1) is 39.2 Å². The highest BCUT2D eigenvalue weighted by atomic mass is 35.5. The minimum Gasteiger partial charge on any atom is -0.481 e. The summed E-state index contributed by atoms with van der Waals surface area (Å²) in [4.78, 5) is 188. The van der Waals surface area contributed by atoms with Gasteiger partial charge in [0.1, 0.15) is 60.4 Å². The van der Waals surface area contributed by atoms with Gasteiger partial charge in [-0.3, -0.25) is 77.5 Å². The molecule has 18 N–H and O–H groups in total. The molecule has 0 spiro atoms. The van der Waals surface area contributed by atoms with Crippen molar-refractivity contribution in [2.75, 3.05) is 65.6 Å². The average molecular weight is 1660 g/mol. The fraction of sp³-hybridized carbons (Fsp3) is 0.435. The van der Waals surface area contributed by atoms with Crippen molar-refractivity contribution in [3.8, 4) is 0 Å². The number of guanidine groups is 1. The fourth-order valence-corrected chi connectivity index (χ4v) is 14.1. The number of nitrogens with zero attached hydrogens (tertiary/aromatic N) is 3. The molecule has 10 atom stereocenters. The third-order valence-electron chi connectivity index (χ3n) is 20.4. The number of carboxylic acids is 2. The average Bonchev–Trinajstić information content (AvgIpc) is 1.68. The number of carboxylic acid groups (broad SMARTS) is 2. The van der Waals surface area contributed by atoms with Crippen LogP contribution >= 0.6 is 11.6 Å². The van der Waals surface area contributed by atoms with E-state index in [1.807, 2.05) is 48.5 Å². The number of aliphatic hydroxyl groups is 1. The van der Waals surface area contributed by atoms with Crippen LogP contribution < -0.4 is 64.6 Å². The molecular formula is C85H109ClN16O17. The topological polar surface area (TPSA) is 498 Å². The maximum Gasteiger partial charge on any atom is 0.304 e. The van der Waals surface area contributed by atoms with E-state index >= 15 is 24.0 Å². The van der Waals surface area contributed by atoms with Gasteiger partial charge in [0.25, 0.3) is 0 Å². The molecule has 0 aromatic heterocycles. The van der Waals surface area contributed by atoms with Crippen molar-refractivity contribution in [3.05, 3.63) is 190 Å². The molecule has 2 aliphatic rings. The van der Waals surface area contributed by atoms with E-state index in [4.69, 9.17) is 33.2 Å². The molecule has 2 saturated heterocycles. The molecule has 6 aromatic rings. The zero-order valence-electron chi connectivity index (χ0n) is 67.0. The molecule has 0 aliphatic carbocycles. The van der Waals surface area contributed by atoms with Crippen molar-refractivity contribution < 1.29 is 82.4 Å². The molecule has 0 bridgehead atoms. The molecular weight excluding hydrogens is 1550 g/mol. The Morgan fingerprint density at radius 2 is 0.941 bits per heavy atom. The Balaban J connectivity index is 1.07. The zero-order valence-corrected chi connectivity index (χ0v) is 67.7. The van der Waals surface area contributed by atoms with Crippen LogP contribution in [0.4, 0.5) is 0 Å². The number of carbonyl (C=O) groups is 13. The first-order chi connectivity index (χ1) is 57.0. The number of likely N-dealkylation sites (tertiary alicyclic amines) is 1. The van der Waals surface area contributed by atoms with E-state index in [0.717, 1.165) is 16.3 Å². The molecule has 119 heavy (non-hydrogen) atoms. The summed E-state index contributed by atoms with van der Waals surface area (Å²) >= 11 is 6.31. The molecule has 2 aliphatic heterocycles. The van der Waals surface area contributed by atoms with E-state index in [1.54, 1.807) is 117 Å². The number of aliphatic hydroxyl groups excluding tert-OH is 1. The predicted molar refractivity (Wildman–Crippen MR) is 443 cm³/mol. The Labute approximate surface area is 695 Å². The second-order valence-corrected chi connectivity index (χ2v) is 30.7. The number of hydrogen-bond acceptors (Lipinski definition) is 18. The quantitative estimate of drug-likeness (QED) is 0.0145. The van der Waals surface area contributed by atoms with Gasteiger partial charge in [0.2, 0.25) is 65.0 Å². The van der Waals surface area contributed by atoms with Gasteiger partial charge in [-0.15, -0.1) is 0 Å². The SMILES string of the molecule is CC(C)C[C@H](NC(=O)[C@@H](Cc1ccc(CN2CCOCC2)cc1)NC(=O)[C@H](Cc1ccccc1)NC(=O)[C@H](CO)NC(=O)[C@@H](Cc1ccccc1)NC(=O)[C@@H](Cc1ccc(Cl)cc1)NC(=O)[C@@H](Cc1ccc2ccccc2c1)NC(=O)CN(CCC(=O)O)CCC(=O)O)C(=O)N[C@@H](CCCNC(=N)N)C(=O)N1CCC[C@H]1C(=O)N[C@H](C)C(N)=O. The monoisotopic (exact) mass is 1660 g/mol. The van der Waals surface area contributed by atoms with Crippen LogP contribution in [-0.4, -0.2) is 239 Å². The van der Waals surface area contributed by atoms with Gasteiger partial charge in [-0.05, 0) is 101 Å². The van der Waals surface area contributed by atoms with Crippen molar-refractivity contribution in [2.24, 2.45) is 17.4 Å². The van der Waals surface area contributed by atoms with Gasteiger partial charge < -0.3 is 89.6 Å². The maximum absolute atomic E-state index is 15.3. The molecule has 0 saturated carbocycles. The first-order valence-electron chi connectivity index (χ1n) is 39.8. The second kappa shape index (κ2) is 46.9. The summed E-state index contributed by atoms with van der Waals surface area (Å²) in [5, 5.41) is 67.1. The third-order valence-corrected chi connectivity index (χ3v) is 20.6. The number of morpholine rings is 1. The number of nitrogens with one attached hydrogen (secondary N) is 11. The number of fused-ring (bicyclic) bond motifs is 1. The van der Waals surface area contributed by atoms with E-state index in [9.17, 15) is 53.7 Å². The Morgan fingerprint density at radius 1 is 0.513 bits per heavy atom. The lowest BCUT2D eigenvalue weighted by molar-refractivity contribution is -0.142. The number of rotatable bonds is 46. The van der Waals surface area contributed by atoms with Gasteiger partial charge in [-0.2, -0.15) is 0 Å². The lowest BCUT2D eigenvalue weighted by Gasteiger charge is -2.31. The van der Waals surface area contributed by atoms with Gasteiger partial charge in [-0.25, -0.2) is 0 Å². The second-order valence-electron chi connectivity index (χ2n) is 30.2. The first kappa shape index (κ1) is 92.6. The molecule has 638 valence electrons. The van der Waals surface area contributed by atoms with Crippen molar-refractivity contribution >= 4 is 105 Å². The Hall–Kier alpha value is -11.9. The van der Waals surface area contributed by atoms with Gasteiger partial charge >= 0.3 is 11.9 Å². The smallest absolute Gasteiger partial charge is 0.304 e. The number of ether oxygens (including phenoxy) is 1. The zero-order chi connectivity index (χ0) is 86.1. The van der Waals surface area contributed by atoms with Crippen molar-refractivity contribution in [1.29, 1.82) is 5.41 Å². The summed E-state index contributed by atoms with van der Waals surface area (Å²) in [6.45, 7) is 6.44. The van der Waals surface area contributed by atoms with E-state index in [1.165, 1.54) is 16.7 Å². The van der Waals surface area contributed by atoms with Crippen LogP contribution in [0.25, 0.3) is 10.8 Å². The first-order valence-corrected chi connectivity index (χ1v) is 40.2. The largest absolute Gasteiger partial charge is 0.481 e. The van der Waals surface area contributed by atoms with Gasteiger partial charge in [0.15, 0.2) is 5.96 Å². The minimum atomic E-state index is -1.84. The third kappa shape index (κ3) is 30.8. The summed E-state index contributed by atoms with van der Waals surface area (Å²) in [6.07, 6.45) is -1.04. The van der Waals surface area contributed by atoms with Gasteiger partial charge in [-0.1, -0.05) is 165 Å². The number of hydrogen-bond donors (Lipinski definition) is 16. The highest BCUT2D eigenvalue weighted by Crippen LogP contribution is 2.23. The summed E-state index contributed by atoms with van der Waals surface area (Å²) < 4.78 is 5.55. The van der Waals surface area contributed by atoms with E-state index in [-0.39, 0.29) is 95.8 Å². The number of primary amides is 1. The van der Waals surface area contributed by atoms with Crippen LogP contribution in [0.2, 0.25) is 5.02 Å². The van der Waals surface area contributed by atoms with Crippen molar-refractivity contribution in [3.63, 3.8) is 0 Å². The normalized spacial score (nSPS) is 15.7. The molecule has 6 aromatic carbocycles. The summed E-state index contributed by atoms with van der Waals surface area (Å²) in [5.74, 6) is -12.3. The highest BCUT2D eigenvalue weighted by molar-refractivity contribution is 6.30. The minimum absolute atomic E-state index is 0.00794. The summed E-state index contributed by atoms with van der Waals surface area (Å²) in [6, 6.07) is 29.3. The number of aliphatic carboxylic acids is 2. The highest BCUT2D eigenvalue weighted by Gasteiger charge is 2.41. The summed E-state index contributed by atoms with van der Waals surface area (Å²) in [7, 11) is 0. The Morgan fingerprint density at radius 3 is 1.44 bits per heavy atom. The Bertz CT molecular complexity index is 4450. The predicted octanol–water partition coefficient (Wildman–Crippen LogP) is 1.25. The van der Waals surface area contributed by atoms with Crippen molar-refractivity contribution in [2.45, 2.75) is 165 Å². The lowest BCUT2D eigenvalue weighted by atomic mass is 9.99. The molecule has 11 amide bonds. The molecule has 33 nitrogen and oxygen atoms in total. The van der Waals surface area contributed by atoms with Crippen LogP contribution in [-0.2, 0) is 106 Å². The number of carbonyl (C=O) groups excluding carboxylic acids is 11. The van der Waals surface area contributed by atoms with Crippen LogP contribution in [0.1, 0.15) is 99.1 Å². The maximum atomic E-state index is 15.3. The van der Waals surface area contributed by atoms with Crippen LogP contribution in [0.15, 0.2) is 152 Å². The van der Waals surface area contributed by atoms with Crippen LogP contribution in [0.5, 0.6) is 0 Å². The number of amides is 11. The van der Waals surface area contributed by atoms with E-state index in [2.05, 4.69) is 58.1 Å². The summed E-state index contributed by atoms with van der Waals surface area (Å²) in [5.41, 5.74) is 14.6. The van der Waals surface area contributed by atoms with Crippen molar-refractivity contribution in [1.82, 2.24) is 67.9 Å². The Kier molecular flexibility index (Phi) is 36.5. The van der Waals surface area contributed by atoms with E-state index < -0.39 is 163 Å². The number of halogens is 1. The lowest BCUT2D eigenvalue weighted by Crippen LogP contribution is -2.62. The molecule has 8 rings (SSSR count). The molecule has 0 radical (unpaired) electrons. The standard InChI is InChI=1S/C85H109ClN16O17/c1-52(2)42-64(76(110)93-63(20-12-34-90-85(88)89)84(118)102-35-13-21-71(102)83(117)91-53(3)75(87)109)94-78(112)68(46-56-22-24-58(25-23-56)49-101-38-40-119-41-39-101)97-79(113)66(44-54-14-6-4-7-15-54)98-82(116)70(51-103)99-81(115)67(45-55-16-8-5-9-17-55)96-80(114)69(47-57-27-30-62(86)31-28-57)95-77(111)65(48-59-26-29-60-18-10-11-19-61(60)43-59)92-72(104)50-100(36-32-73(105)106)37-33-74(107)108/h4-11,14-19,22-31,43,52-53,63-71,103H,12-13,20-21,32-42,44-51H2,1-3H3,(H2,87,109)(H,91,117)(H,92,104)(H,93,110)(H,94,112)(H,95,111)(H,96,114)(H,97,113)(H,98,116)(H,99,115)(H,105,106)(H,107,108)(H4,88,89,90)/t53-,63+,64+,65-,66+,67-,68-,69-,70+,71+/m1/s1. The molecule has 34 heteroatoms. The fourth-order valence-electron chi connectivity index (χ4n) is 13.9.